The van der Waals surface area contributed by atoms with Crippen molar-refractivity contribution in [1.82, 2.24) is 4.57 Å². The third kappa shape index (κ3) is 3.72. The molecule has 2 heterocycles. The Bertz CT molecular complexity index is 1310. The van der Waals surface area contributed by atoms with Gasteiger partial charge in [0.1, 0.15) is 0 Å². The molecule has 1 N–H and O–H groups in total. The predicted octanol–water partition coefficient (Wildman–Crippen LogP) is 6.40. The first-order valence-corrected chi connectivity index (χ1v) is 10.6. The van der Waals surface area contributed by atoms with E-state index < -0.39 is 0 Å². The molecule has 160 valence electrons. The summed E-state index contributed by atoms with van der Waals surface area (Å²) < 4.78 is 13.1. The van der Waals surface area contributed by atoms with Crippen LogP contribution in [0.1, 0.15) is 21.6 Å². The minimum atomic E-state index is -0.166. The highest BCUT2D eigenvalue weighted by Gasteiger charge is 2.22. The highest BCUT2D eigenvalue weighted by Crippen LogP contribution is 2.37. The Morgan fingerprint density at radius 2 is 1.62 bits per heavy atom. The maximum Gasteiger partial charge on any atom is 0.257 e. The van der Waals surface area contributed by atoms with Gasteiger partial charge in [-0.3, -0.25) is 4.79 Å². The first-order chi connectivity index (χ1) is 15.5. The fourth-order valence-corrected chi connectivity index (χ4v) is 3.99. The lowest BCUT2D eigenvalue weighted by Gasteiger charge is -2.13. The number of nitrogens with zero attached hydrogens (tertiary/aromatic N) is 1. The number of hydrogen-bond acceptors (Lipinski definition) is 3. The van der Waals surface area contributed by atoms with Crippen LogP contribution in [0.3, 0.4) is 0 Å². The van der Waals surface area contributed by atoms with E-state index in [1.807, 2.05) is 86.6 Å². The summed E-state index contributed by atoms with van der Waals surface area (Å²) in [7, 11) is 0. The van der Waals surface area contributed by atoms with E-state index >= 15 is 0 Å². The van der Waals surface area contributed by atoms with Gasteiger partial charge in [-0.2, -0.15) is 0 Å². The summed E-state index contributed by atoms with van der Waals surface area (Å²) in [4.78, 5) is 13.2. The van der Waals surface area contributed by atoms with E-state index in [-0.39, 0.29) is 12.7 Å². The third-order valence-corrected chi connectivity index (χ3v) is 5.81. The van der Waals surface area contributed by atoms with Crippen LogP contribution >= 0.6 is 11.6 Å². The summed E-state index contributed by atoms with van der Waals surface area (Å²) >= 11 is 6.11. The lowest BCUT2D eigenvalue weighted by molar-refractivity contribution is 0.102. The van der Waals surface area contributed by atoms with Crippen molar-refractivity contribution in [1.29, 1.82) is 0 Å². The van der Waals surface area contributed by atoms with Gasteiger partial charge >= 0.3 is 0 Å². The van der Waals surface area contributed by atoms with Gasteiger partial charge in [-0.05, 0) is 61.9 Å². The average molecular weight is 445 g/mol. The molecule has 1 aromatic heterocycles. The Morgan fingerprint density at radius 1 is 0.906 bits per heavy atom. The van der Waals surface area contributed by atoms with Crippen molar-refractivity contribution >= 4 is 23.2 Å². The Balaban J connectivity index is 1.61. The Labute approximate surface area is 191 Å². The average Bonchev–Trinajstić information content (AvgIpc) is 3.39. The number of rotatable bonds is 4. The second-order valence-electron chi connectivity index (χ2n) is 7.73. The normalized spacial score (nSPS) is 12.1. The zero-order chi connectivity index (χ0) is 22.2. The molecule has 0 fully saturated rings. The van der Waals surface area contributed by atoms with Crippen LogP contribution in [0.25, 0.3) is 16.9 Å². The molecule has 0 bridgehead atoms. The van der Waals surface area contributed by atoms with E-state index in [9.17, 15) is 4.79 Å². The Morgan fingerprint density at radius 3 is 2.38 bits per heavy atom. The zero-order valence-corrected chi connectivity index (χ0v) is 18.4. The molecule has 1 amide bonds. The summed E-state index contributed by atoms with van der Waals surface area (Å²) in [5.41, 5.74) is 6.01. The molecule has 0 atom stereocenters. The molecule has 0 spiro atoms. The Hall–Kier alpha value is -3.70. The van der Waals surface area contributed by atoms with Gasteiger partial charge in [-0.15, -0.1) is 0 Å². The van der Waals surface area contributed by atoms with E-state index in [2.05, 4.69) is 9.88 Å². The number of aromatic nitrogens is 1. The zero-order valence-electron chi connectivity index (χ0n) is 17.7. The number of anilines is 1. The molecule has 0 saturated heterocycles. The van der Waals surface area contributed by atoms with Crippen molar-refractivity contribution in [3.8, 4) is 28.4 Å². The van der Waals surface area contributed by atoms with E-state index in [1.54, 1.807) is 0 Å². The van der Waals surface area contributed by atoms with Crippen LogP contribution in [0.2, 0.25) is 5.02 Å². The van der Waals surface area contributed by atoms with Crippen LogP contribution in [-0.4, -0.2) is 17.3 Å². The number of fused-ring (bicyclic) bond motifs is 1. The van der Waals surface area contributed by atoms with Crippen LogP contribution in [-0.2, 0) is 0 Å². The number of hydrogen-bond donors (Lipinski definition) is 1. The molecule has 1 aliphatic heterocycles. The van der Waals surface area contributed by atoms with Crippen LogP contribution in [0.15, 0.2) is 72.8 Å². The summed E-state index contributed by atoms with van der Waals surface area (Å²) in [6, 6.07) is 23.0. The molecule has 0 saturated carbocycles. The molecule has 0 aliphatic carbocycles. The van der Waals surface area contributed by atoms with Gasteiger partial charge in [-0.1, -0.05) is 41.4 Å². The SMILES string of the molecule is Cc1ccc(NC(=O)c2cc(-c3ccc(Cl)cc3)n(-c3ccc4c(c3)OCO4)c2C)cc1. The molecular formula is C26H21ClN2O3. The summed E-state index contributed by atoms with van der Waals surface area (Å²) in [5.74, 6) is 1.23. The van der Waals surface area contributed by atoms with Crippen LogP contribution in [0.5, 0.6) is 11.5 Å². The quantitative estimate of drug-likeness (QED) is 0.396. The van der Waals surface area contributed by atoms with E-state index in [1.165, 1.54) is 0 Å². The topological polar surface area (TPSA) is 52.5 Å². The van der Waals surface area contributed by atoms with Crippen molar-refractivity contribution in [3.05, 3.63) is 94.6 Å². The van der Waals surface area contributed by atoms with Gasteiger partial charge in [0.15, 0.2) is 11.5 Å². The summed E-state index contributed by atoms with van der Waals surface area (Å²) in [6.07, 6.45) is 0. The lowest BCUT2D eigenvalue weighted by atomic mass is 10.1. The van der Waals surface area contributed by atoms with Gasteiger partial charge < -0.3 is 19.4 Å². The Kier molecular flexibility index (Phi) is 5.11. The number of halogens is 1. The molecule has 32 heavy (non-hydrogen) atoms. The maximum atomic E-state index is 13.2. The van der Waals surface area contributed by atoms with E-state index in [0.29, 0.717) is 22.1 Å². The largest absolute Gasteiger partial charge is 0.454 e. The van der Waals surface area contributed by atoms with Gasteiger partial charge in [0.05, 0.1) is 11.3 Å². The predicted molar refractivity (Wildman–Crippen MR) is 126 cm³/mol. The maximum absolute atomic E-state index is 13.2. The second-order valence-corrected chi connectivity index (χ2v) is 8.17. The molecule has 5 nitrogen and oxygen atoms in total. The first-order valence-electron chi connectivity index (χ1n) is 10.3. The fourth-order valence-electron chi connectivity index (χ4n) is 3.86. The van der Waals surface area contributed by atoms with Gasteiger partial charge in [0, 0.05) is 28.2 Å². The van der Waals surface area contributed by atoms with Crippen molar-refractivity contribution in [3.63, 3.8) is 0 Å². The highest BCUT2D eigenvalue weighted by atomic mass is 35.5. The minimum Gasteiger partial charge on any atom is -0.454 e. The van der Waals surface area contributed by atoms with Crippen molar-refractivity contribution in [2.75, 3.05) is 12.1 Å². The minimum absolute atomic E-state index is 0.166. The highest BCUT2D eigenvalue weighted by molar-refractivity contribution is 6.30. The first kappa shape index (κ1) is 20.2. The van der Waals surface area contributed by atoms with Crippen molar-refractivity contribution in [2.45, 2.75) is 13.8 Å². The molecule has 4 aromatic rings. The van der Waals surface area contributed by atoms with Crippen molar-refractivity contribution in [2.24, 2.45) is 0 Å². The number of amides is 1. The van der Waals surface area contributed by atoms with E-state index in [0.717, 1.165) is 33.9 Å². The smallest absolute Gasteiger partial charge is 0.257 e. The van der Waals surface area contributed by atoms with Crippen LogP contribution < -0.4 is 14.8 Å². The van der Waals surface area contributed by atoms with Crippen LogP contribution in [0, 0.1) is 13.8 Å². The lowest BCUT2D eigenvalue weighted by Crippen LogP contribution is -2.13. The molecule has 5 rings (SSSR count). The number of ether oxygens (including phenoxy) is 2. The van der Waals surface area contributed by atoms with Gasteiger partial charge in [-0.25, -0.2) is 0 Å². The fraction of sp³-hybridized carbons (Fsp3) is 0.115. The number of carbonyl (C=O) groups excluding carboxylic acids is 1. The van der Waals surface area contributed by atoms with Crippen molar-refractivity contribution < 1.29 is 14.3 Å². The third-order valence-electron chi connectivity index (χ3n) is 5.56. The standard InChI is InChI=1S/C26H21ClN2O3/c1-16-3-9-20(10-4-16)28-26(30)22-14-23(18-5-7-19(27)8-6-18)29(17(22)2)21-11-12-24-25(13-21)32-15-31-24/h3-14H,15H2,1-2H3,(H,28,30). The van der Waals surface area contributed by atoms with Gasteiger partial charge in [0.25, 0.3) is 5.91 Å². The molecular weight excluding hydrogens is 424 g/mol. The molecule has 0 radical (unpaired) electrons. The number of aryl methyl sites for hydroxylation is 1. The molecule has 6 heteroatoms. The monoisotopic (exact) mass is 444 g/mol. The molecule has 3 aromatic carbocycles. The summed E-state index contributed by atoms with van der Waals surface area (Å²) in [5, 5.41) is 3.66. The van der Waals surface area contributed by atoms with E-state index in [4.69, 9.17) is 21.1 Å². The number of nitrogens with one attached hydrogen (secondary N) is 1. The molecule has 1 aliphatic rings. The molecule has 0 unspecified atom stereocenters. The number of benzene rings is 3. The second kappa shape index (κ2) is 8.09. The summed E-state index contributed by atoms with van der Waals surface area (Å²) in [6.45, 7) is 4.16. The van der Waals surface area contributed by atoms with Gasteiger partial charge in [0.2, 0.25) is 6.79 Å². The number of carbonyl (C=O) groups is 1. The van der Waals surface area contributed by atoms with Crippen LogP contribution in [0.4, 0.5) is 5.69 Å².